The molecule has 4 amide bonds. The van der Waals surface area contributed by atoms with Crippen molar-refractivity contribution in [3.8, 4) is 5.75 Å². The second-order valence-electron chi connectivity index (χ2n) is 13.4. The van der Waals surface area contributed by atoms with Crippen LogP contribution >= 0.6 is 0 Å². The zero-order valence-corrected chi connectivity index (χ0v) is 30.4. The van der Waals surface area contributed by atoms with Crippen LogP contribution in [-0.4, -0.2) is 60.5 Å². The van der Waals surface area contributed by atoms with Gasteiger partial charge in [-0.1, -0.05) is 94.8 Å². The summed E-state index contributed by atoms with van der Waals surface area (Å²) in [6.45, 7) is 7.84. The average molecular weight is 714 g/mol. The number of amides is 4. The molecule has 0 saturated heterocycles. The molecule has 5 rings (SSSR count). The summed E-state index contributed by atoms with van der Waals surface area (Å²) in [5.74, 6) is -2.64. The Morgan fingerprint density at radius 3 is 2.19 bits per heavy atom. The van der Waals surface area contributed by atoms with E-state index in [1.165, 1.54) is 0 Å². The fourth-order valence-electron chi connectivity index (χ4n) is 5.62. The lowest BCUT2D eigenvalue weighted by Gasteiger charge is -2.29. The minimum atomic E-state index is -1.35. The number of carbonyl (C=O) groups excluding carboxylic acids is 5. The number of rotatable bonds is 12. The van der Waals surface area contributed by atoms with E-state index in [4.69, 9.17) is 9.47 Å². The van der Waals surface area contributed by atoms with E-state index in [2.05, 4.69) is 26.6 Å². The van der Waals surface area contributed by atoms with Gasteiger partial charge in [-0.2, -0.15) is 0 Å². The molecule has 3 aromatic carbocycles. The van der Waals surface area contributed by atoms with E-state index in [1.807, 2.05) is 76.2 Å². The minimum absolute atomic E-state index is 0.0389. The molecule has 0 radical (unpaired) electrons. The quantitative estimate of drug-likeness (QED) is 0.137. The van der Waals surface area contributed by atoms with Gasteiger partial charge < -0.3 is 36.1 Å². The van der Waals surface area contributed by atoms with E-state index >= 15 is 0 Å². The third-order valence-corrected chi connectivity index (χ3v) is 8.95. The van der Waals surface area contributed by atoms with Gasteiger partial charge in [0.25, 0.3) is 5.91 Å². The van der Waals surface area contributed by atoms with Crippen molar-refractivity contribution in [2.45, 2.75) is 90.7 Å². The van der Waals surface area contributed by atoms with Crippen LogP contribution in [0, 0.1) is 11.8 Å². The molecule has 2 aliphatic heterocycles. The average Bonchev–Trinajstić information content (AvgIpc) is 3.14. The van der Waals surface area contributed by atoms with E-state index < -0.39 is 48.0 Å². The topological polar surface area (TPSA) is 164 Å². The van der Waals surface area contributed by atoms with Crippen molar-refractivity contribution >= 4 is 35.3 Å². The van der Waals surface area contributed by atoms with Crippen LogP contribution in [0.3, 0.4) is 0 Å². The molecule has 0 saturated carbocycles. The molecular formula is C40H51N5O7. The molecule has 52 heavy (non-hydrogen) atoms. The van der Waals surface area contributed by atoms with Gasteiger partial charge in [0, 0.05) is 18.5 Å². The third kappa shape index (κ3) is 12.1. The lowest BCUT2D eigenvalue weighted by Crippen LogP contribution is -2.61. The molecule has 5 atom stereocenters. The number of nitrogens with one attached hydrogen (secondary N) is 5. The predicted molar refractivity (Wildman–Crippen MR) is 198 cm³/mol. The van der Waals surface area contributed by atoms with Crippen LogP contribution in [0.2, 0.25) is 0 Å². The Bertz CT molecular complexity index is 1620. The number of esters is 1. The molecule has 3 aromatic rings. The van der Waals surface area contributed by atoms with Crippen LogP contribution in [-0.2, 0) is 41.7 Å². The van der Waals surface area contributed by atoms with Crippen LogP contribution < -0.4 is 31.3 Å². The number of ether oxygens (including phenoxy) is 2. The van der Waals surface area contributed by atoms with Crippen molar-refractivity contribution in [3.63, 3.8) is 0 Å². The number of anilines is 1. The first kappa shape index (κ1) is 39.4. The lowest BCUT2D eigenvalue weighted by molar-refractivity contribution is -0.151. The zero-order valence-electron chi connectivity index (χ0n) is 30.4. The van der Waals surface area contributed by atoms with Gasteiger partial charge in [-0.3, -0.25) is 19.2 Å². The zero-order chi connectivity index (χ0) is 37.5. The Hall–Kier alpha value is -5.39. The summed E-state index contributed by atoms with van der Waals surface area (Å²) in [4.78, 5) is 68.0. The summed E-state index contributed by atoms with van der Waals surface area (Å²) >= 11 is 0. The van der Waals surface area contributed by atoms with Crippen molar-refractivity contribution in [3.05, 3.63) is 96.1 Å². The summed E-state index contributed by atoms with van der Waals surface area (Å²) in [6, 6.07) is 22.3. The molecule has 5 N–H and O–H groups in total. The fraction of sp³-hybridized carbons (Fsp3) is 0.425. The van der Waals surface area contributed by atoms with Gasteiger partial charge in [0.15, 0.2) is 6.17 Å². The van der Waals surface area contributed by atoms with Crippen molar-refractivity contribution in [1.82, 2.24) is 21.3 Å². The Kier molecular flexibility index (Phi) is 15.0. The van der Waals surface area contributed by atoms with Crippen LogP contribution in [0.5, 0.6) is 5.75 Å². The molecule has 12 nitrogen and oxygen atoms in total. The maximum absolute atomic E-state index is 14.2. The Labute approximate surface area is 305 Å². The molecule has 278 valence electrons. The van der Waals surface area contributed by atoms with Crippen LogP contribution in [0.4, 0.5) is 5.69 Å². The van der Waals surface area contributed by atoms with E-state index in [1.54, 1.807) is 36.4 Å². The van der Waals surface area contributed by atoms with E-state index in [9.17, 15) is 24.0 Å². The fourth-order valence-corrected chi connectivity index (χ4v) is 5.62. The second-order valence-corrected chi connectivity index (χ2v) is 13.4. The largest absolute Gasteiger partial charge is 0.494 e. The maximum atomic E-state index is 14.2. The number of hydrogen-bond donors (Lipinski definition) is 5. The van der Waals surface area contributed by atoms with Gasteiger partial charge in [0.1, 0.15) is 30.5 Å². The summed E-state index contributed by atoms with van der Waals surface area (Å²) < 4.78 is 11.4. The van der Waals surface area contributed by atoms with Crippen molar-refractivity contribution in [1.29, 1.82) is 0 Å². The molecular weight excluding hydrogens is 662 g/mol. The first-order chi connectivity index (χ1) is 25.0. The Morgan fingerprint density at radius 1 is 0.865 bits per heavy atom. The highest BCUT2D eigenvalue weighted by atomic mass is 16.5. The maximum Gasteiger partial charge on any atom is 0.329 e. The molecule has 2 bridgehead atoms. The molecule has 0 aliphatic carbocycles. The van der Waals surface area contributed by atoms with Gasteiger partial charge >= 0.3 is 5.97 Å². The van der Waals surface area contributed by atoms with Gasteiger partial charge in [0.05, 0.1) is 6.61 Å². The predicted octanol–water partition coefficient (Wildman–Crippen LogP) is 4.25. The number of benzene rings is 3. The molecule has 0 spiro atoms. The Balaban J connectivity index is 1.59. The Morgan fingerprint density at radius 2 is 1.54 bits per heavy atom. The normalized spacial score (nSPS) is 18.5. The van der Waals surface area contributed by atoms with Crippen LogP contribution in [0.15, 0.2) is 84.9 Å². The number of para-hydroxylation sites is 1. The summed E-state index contributed by atoms with van der Waals surface area (Å²) in [7, 11) is 0. The molecule has 0 aromatic heterocycles. The van der Waals surface area contributed by atoms with Crippen LogP contribution in [0.1, 0.15) is 64.5 Å². The molecule has 2 aliphatic rings. The second kappa shape index (κ2) is 19.9. The van der Waals surface area contributed by atoms with E-state index in [0.717, 1.165) is 11.1 Å². The summed E-state index contributed by atoms with van der Waals surface area (Å²) in [5, 5.41) is 14.3. The first-order valence-electron chi connectivity index (χ1n) is 18.0. The first-order valence-corrected chi connectivity index (χ1v) is 18.0. The molecule has 1 unspecified atom stereocenters. The van der Waals surface area contributed by atoms with Gasteiger partial charge in [0.2, 0.25) is 17.7 Å². The summed E-state index contributed by atoms with van der Waals surface area (Å²) in [5.41, 5.74) is 2.08. The third-order valence-electron chi connectivity index (χ3n) is 8.95. The van der Waals surface area contributed by atoms with Gasteiger partial charge in [-0.25, -0.2) is 4.79 Å². The highest BCUT2D eigenvalue weighted by Crippen LogP contribution is 2.17. The SMILES string of the molecule is CC[C@H](C)[C@H](NC(=O)C(NC(=O)[C@@H]1Cc2ccc(cc2)OCCCCC(=O)N[C@@H](C(C)C)C(=O)N1)Nc1ccccc1)C(=O)OCc1ccccc1. The van der Waals surface area contributed by atoms with Crippen molar-refractivity contribution in [2.24, 2.45) is 11.8 Å². The van der Waals surface area contributed by atoms with E-state index in [0.29, 0.717) is 37.3 Å². The van der Waals surface area contributed by atoms with Gasteiger partial charge in [-0.15, -0.1) is 0 Å². The van der Waals surface area contributed by atoms with Crippen molar-refractivity contribution < 1.29 is 33.4 Å². The van der Waals surface area contributed by atoms with Crippen LogP contribution in [0.25, 0.3) is 0 Å². The number of carbonyl (C=O) groups is 5. The highest BCUT2D eigenvalue weighted by molar-refractivity contribution is 5.96. The summed E-state index contributed by atoms with van der Waals surface area (Å²) in [6.07, 6.45) is 0.785. The smallest absolute Gasteiger partial charge is 0.329 e. The number of fused-ring (bicyclic) bond motifs is 13. The monoisotopic (exact) mass is 713 g/mol. The molecule has 2 heterocycles. The minimum Gasteiger partial charge on any atom is -0.494 e. The molecule has 12 heteroatoms. The lowest BCUT2D eigenvalue weighted by atomic mass is 9.99. The number of hydrogen-bond acceptors (Lipinski definition) is 8. The standard InChI is InChI=1S/C40H51N5O7/c1-5-27(4)35(40(50)52-25-29-14-8-6-9-15-29)44-39(49)36(41-30-16-10-7-11-17-30)45-37(47)32-24-28-19-21-31(22-20-28)51-23-13-12-18-33(46)43-34(26(2)3)38(48)42-32/h6-11,14-17,19-22,26-27,32,34-36,41H,5,12-13,18,23-25H2,1-4H3,(H,42,48)(H,43,46)(H,44,49)(H,45,47)/t27-,32-,34-,35-,36?/m0/s1. The van der Waals surface area contributed by atoms with Gasteiger partial charge in [-0.05, 0) is 60.1 Å². The van der Waals surface area contributed by atoms with E-state index in [-0.39, 0.29) is 37.2 Å². The molecule has 0 fully saturated rings. The van der Waals surface area contributed by atoms with Crippen molar-refractivity contribution in [2.75, 3.05) is 11.9 Å². The highest BCUT2D eigenvalue weighted by Gasteiger charge is 2.34.